The highest BCUT2D eigenvalue weighted by Crippen LogP contribution is 2.43. The van der Waals surface area contributed by atoms with E-state index in [1.165, 1.54) is 0 Å². The Morgan fingerprint density at radius 1 is 1.50 bits per heavy atom. The van der Waals surface area contributed by atoms with Gasteiger partial charge >= 0.3 is 0 Å². The predicted molar refractivity (Wildman–Crippen MR) is 57.5 cm³/mol. The molecule has 3 heteroatoms. The zero-order valence-electron chi connectivity index (χ0n) is 8.13. The van der Waals surface area contributed by atoms with Crippen molar-refractivity contribution in [2.45, 2.75) is 25.8 Å². The Balaban J connectivity index is 2.39. The molecule has 0 unspecified atom stereocenters. The maximum Gasteiger partial charge on any atom is 0.123 e. The second-order valence-electron chi connectivity index (χ2n) is 4.02. The Kier molecular flexibility index (Phi) is 2.41. The van der Waals surface area contributed by atoms with Gasteiger partial charge in [-0.2, -0.15) is 0 Å². The zero-order valence-corrected chi connectivity index (χ0v) is 8.88. The van der Waals surface area contributed by atoms with Crippen LogP contribution >= 0.6 is 11.6 Å². The van der Waals surface area contributed by atoms with Gasteiger partial charge in [0.05, 0.1) is 0 Å². The molecule has 14 heavy (non-hydrogen) atoms. The summed E-state index contributed by atoms with van der Waals surface area (Å²) in [5.74, 6) is 0.826. The summed E-state index contributed by atoms with van der Waals surface area (Å²) in [6.07, 6.45) is 2.32. The molecule has 3 N–H and O–H groups in total. The van der Waals surface area contributed by atoms with Crippen LogP contribution in [0.15, 0.2) is 12.1 Å². The average molecular weight is 212 g/mol. The van der Waals surface area contributed by atoms with Gasteiger partial charge in [0.15, 0.2) is 0 Å². The highest BCUT2D eigenvalue weighted by Gasteiger charge is 2.31. The molecule has 1 aromatic rings. The summed E-state index contributed by atoms with van der Waals surface area (Å²) < 4.78 is 0. The van der Waals surface area contributed by atoms with Gasteiger partial charge in [-0.15, -0.1) is 0 Å². The average Bonchev–Trinajstić information content (AvgIpc) is 2.93. The second kappa shape index (κ2) is 3.44. The molecular formula is C11H14ClNO. The van der Waals surface area contributed by atoms with E-state index < -0.39 is 0 Å². The van der Waals surface area contributed by atoms with Crippen LogP contribution in [-0.4, -0.2) is 5.11 Å². The van der Waals surface area contributed by atoms with Gasteiger partial charge in [-0.05, 0) is 43.4 Å². The third-order valence-electron chi connectivity index (χ3n) is 2.78. The monoisotopic (exact) mass is 211 g/mol. The SMILES string of the molecule is Cc1cc(Cl)cc([C@H](N)C2CC2)c1O. The van der Waals surface area contributed by atoms with Gasteiger partial charge in [-0.3, -0.25) is 0 Å². The lowest BCUT2D eigenvalue weighted by Gasteiger charge is -2.14. The molecule has 1 aromatic carbocycles. The van der Waals surface area contributed by atoms with Crippen LogP contribution in [0.5, 0.6) is 5.75 Å². The van der Waals surface area contributed by atoms with E-state index in [4.69, 9.17) is 17.3 Å². The fraction of sp³-hybridized carbons (Fsp3) is 0.455. The molecule has 0 heterocycles. The highest BCUT2D eigenvalue weighted by molar-refractivity contribution is 6.30. The molecule has 2 rings (SSSR count). The third kappa shape index (κ3) is 1.72. The van der Waals surface area contributed by atoms with Crippen LogP contribution in [0.3, 0.4) is 0 Å². The molecular weight excluding hydrogens is 198 g/mol. The van der Waals surface area contributed by atoms with Crippen LogP contribution < -0.4 is 5.73 Å². The number of phenols is 1. The number of aromatic hydroxyl groups is 1. The van der Waals surface area contributed by atoms with E-state index in [0.29, 0.717) is 16.7 Å². The number of aryl methyl sites for hydroxylation is 1. The summed E-state index contributed by atoms with van der Waals surface area (Å²) in [4.78, 5) is 0. The van der Waals surface area contributed by atoms with E-state index in [-0.39, 0.29) is 6.04 Å². The number of rotatable bonds is 2. The van der Waals surface area contributed by atoms with Gasteiger partial charge in [-0.1, -0.05) is 11.6 Å². The second-order valence-corrected chi connectivity index (χ2v) is 4.46. The Hall–Kier alpha value is -0.730. The first-order chi connectivity index (χ1) is 6.59. The van der Waals surface area contributed by atoms with Crippen molar-refractivity contribution >= 4 is 11.6 Å². The molecule has 0 bridgehead atoms. The molecule has 0 aromatic heterocycles. The van der Waals surface area contributed by atoms with Crippen LogP contribution in [0, 0.1) is 12.8 Å². The minimum atomic E-state index is -0.0626. The first-order valence-electron chi connectivity index (χ1n) is 4.84. The predicted octanol–water partition coefficient (Wildman–Crippen LogP) is 2.76. The number of hydrogen-bond donors (Lipinski definition) is 2. The number of nitrogens with two attached hydrogens (primary N) is 1. The van der Waals surface area contributed by atoms with Gasteiger partial charge in [0.25, 0.3) is 0 Å². The van der Waals surface area contributed by atoms with Crippen LogP contribution in [0.2, 0.25) is 5.02 Å². The molecule has 0 saturated heterocycles. The van der Waals surface area contributed by atoms with Crippen LogP contribution in [0.4, 0.5) is 0 Å². The Labute approximate surface area is 88.7 Å². The molecule has 0 radical (unpaired) electrons. The topological polar surface area (TPSA) is 46.2 Å². The van der Waals surface area contributed by atoms with Crippen molar-refractivity contribution in [3.63, 3.8) is 0 Å². The van der Waals surface area contributed by atoms with Crippen molar-refractivity contribution in [3.05, 3.63) is 28.3 Å². The molecule has 0 spiro atoms. The van der Waals surface area contributed by atoms with E-state index in [1.54, 1.807) is 12.1 Å². The molecule has 1 fully saturated rings. The Bertz CT molecular complexity index is 361. The molecule has 2 nitrogen and oxygen atoms in total. The maximum absolute atomic E-state index is 9.83. The summed E-state index contributed by atoms with van der Waals surface area (Å²) in [6, 6.07) is 3.46. The quantitative estimate of drug-likeness (QED) is 0.790. The molecule has 1 saturated carbocycles. The lowest BCUT2D eigenvalue weighted by Crippen LogP contribution is -2.12. The van der Waals surface area contributed by atoms with Crippen molar-refractivity contribution in [1.29, 1.82) is 0 Å². The third-order valence-corrected chi connectivity index (χ3v) is 3.00. The van der Waals surface area contributed by atoms with E-state index in [2.05, 4.69) is 0 Å². The van der Waals surface area contributed by atoms with E-state index in [0.717, 1.165) is 24.0 Å². The van der Waals surface area contributed by atoms with Gasteiger partial charge in [-0.25, -0.2) is 0 Å². The molecule has 0 amide bonds. The summed E-state index contributed by atoms with van der Waals surface area (Å²) in [5.41, 5.74) is 7.60. The van der Waals surface area contributed by atoms with Crippen molar-refractivity contribution in [1.82, 2.24) is 0 Å². The van der Waals surface area contributed by atoms with Crippen molar-refractivity contribution < 1.29 is 5.11 Å². The molecule has 1 atom stereocenters. The largest absolute Gasteiger partial charge is 0.507 e. The number of halogens is 1. The first kappa shape index (κ1) is 9.81. The summed E-state index contributed by atoms with van der Waals surface area (Å²) in [5, 5.41) is 10.5. The van der Waals surface area contributed by atoms with E-state index in [9.17, 15) is 5.11 Å². The minimum absolute atomic E-state index is 0.0626. The number of benzene rings is 1. The van der Waals surface area contributed by atoms with Crippen molar-refractivity contribution in [2.75, 3.05) is 0 Å². The summed E-state index contributed by atoms with van der Waals surface area (Å²) in [6.45, 7) is 1.84. The zero-order chi connectivity index (χ0) is 10.3. The normalized spacial score (nSPS) is 18.2. The van der Waals surface area contributed by atoms with Gasteiger partial charge in [0.2, 0.25) is 0 Å². The van der Waals surface area contributed by atoms with Crippen LogP contribution in [0.25, 0.3) is 0 Å². The van der Waals surface area contributed by atoms with Gasteiger partial charge in [0, 0.05) is 16.6 Å². The summed E-state index contributed by atoms with van der Waals surface area (Å²) >= 11 is 5.92. The molecule has 76 valence electrons. The highest BCUT2D eigenvalue weighted by atomic mass is 35.5. The van der Waals surface area contributed by atoms with Gasteiger partial charge in [0.1, 0.15) is 5.75 Å². The fourth-order valence-electron chi connectivity index (χ4n) is 1.72. The smallest absolute Gasteiger partial charge is 0.123 e. The number of hydrogen-bond acceptors (Lipinski definition) is 2. The Morgan fingerprint density at radius 3 is 2.71 bits per heavy atom. The standard InChI is InChI=1S/C11H14ClNO/c1-6-4-8(12)5-9(11(6)14)10(13)7-2-3-7/h4-5,7,10,14H,2-3,13H2,1H3/t10-/m1/s1. The first-order valence-corrected chi connectivity index (χ1v) is 5.22. The molecule has 1 aliphatic rings. The van der Waals surface area contributed by atoms with Gasteiger partial charge < -0.3 is 10.8 Å². The van der Waals surface area contributed by atoms with E-state index >= 15 is 0 Å². The lowest BCUT2D eigenvalue weighted by atomic mass is 10.00. The Morgan fingerprint density at radius 2 is 2.14 bits per heavy atom. The number of phenolic OH excluding ortho intramolecular Hbond substituents is 1. The maximum atomic E-state index is 9.83. The van der Waals surface area contributed by atoms with Crippen molar-refractivity contribution in [3.8, 4) is 5.75 Å². The molecule has 0 aliphatic heterocycles. The fourth-order valence-corrected chi connectivity index (χ4v) is 2.01. The van der Waals surface area contributed by atoms with E-state index in [1.807, 2.05) is 6.92 Å². The summed E-state index contributed by atoms with van der Waals surface area (Å²) in [7, 11) is 0. The molecule has 1 aliphatic carbocycles. The van der Waals surface area contributed by atoms with Crippen LogP contribution in [0.1, 0.15) is 30.0 Å². The lowest BCUT2D eigenvalue weighted by molar-refractivity contribution is 0.452. The minimum Gasteiger partial charge on any atom is -0.507 e. The van der Waals surface area contributed by atoms with Crippen LogP contribution in [-0.2, 0) is 0 Å². The van der Waals surface area contributed by atoms with Crippen molar-refractivity contribution in [2.24, 2.45) is 11.7 Å².